The summed E-state index contributed by atoms with van der Waals surface area (Å²) in [5.74, 6) is 0.497. The molecule has 31 heavy (non-hydrogen) atoms. The molecule has 6 nitrogen and oxygen atoms in total. The zero-order valence-corrected chi connectivity index (χ0v) is 18.0. The molecule has 0 spiro atoms. The molecule has 0 aliphatic carbocycles. The summed E-state index contributed by atoms with van der Waals surface area (Å²) in [4.78, 5) is 24.8. The number of carbonyl (C=O) groups excluding carboxylic acids is 2. The van der Waals surface area contributed by atoms with Crippen molar-refractivity contribution in [3.05, 3.63) is 88.5 Å². The molecule has 0 bridgehead atoms. The van der Waals surface area contributed by atoms with Crippen molar-refractivity contribution in [2.75, 3.05) is 19.5 Å². The Kier molecular flexibility index (Phi) is 6.92. The second kappa shape index (κ2) is 9.80. The second-order valence-corrected chi connectivity index (χ2v) is 7.13. The van der Waals surface area contributed by atoms with Gasteiger partial charge in [0.15, 0.2) is 0 Å². The van der Waals surface area contributed by atoms with Gasteiger partial charge in [-0.2, -0.15) is 0 Å². The minimum atomic E-state index is -0.520. The molecule has 0 saturated carbocycles. The minimum absolute atomic E-state index is 0.242. The number of aryl methyl sites for hydroxylation is 2. The molecule has 0 saturated heterocycles. The number of rotatable bonds is 7. The molecular formula is C25H25NO5. The lowest BCUT2D eigenvalue weighted by Gasteiger charge is -2.14. The number of methoxy groups -OCH3 is 2. The molecule has 0 heterocycles. The largest absolute Gasteiger partial charge is 0.496 e. The first kappa shape index (κ1) is 21.9. The van der Waals surface area contributed by atoms with E-state index in [0.29, 0.717) is 17.0 Å². The number of esters is 1. The molecule has 3 aromatic carbocycles. The lowest BCUT2D eigenvalue weighted by Crippen LogP contribution is -2.16. The molecule has 0 radical (unpaired) electrons. The summed E-state index contributed by atoms with van der Waals surface area (Å²) in [6, 6.07) is 17.8. The summed E-state index contributed by atoms with van der Waals surface area (Å²) < 4.78 is 16.1. The van der Waals surface area contributed by atoms with Gasteiger partial charge in [0, 0.05) is 11.1 Å². The fourth-order valence-corrected chi connectivity index (χ4v) is 3.28. The number of benzene rings is 3. The molecule has 160 valence electrons. The summed E-state index contributed by atoms with van der Waals surface area (Å²) in [7, 11) is 2.87. The maximum atomic E-state index is 12.8. The smallest absolute Gasteiger partial charge is 0.339 e. The van der Waals surface area contributed by atoms with Gasteiger partial charge < -0.3 is 19.5 Å². The highest BCUT2D eigenvalue weighted by molar-refractivity contribution is 6.08. The van der Waals surface area contributed by atoms with Crippen LogP contribution >= 0.6 is 0 Å². The number of carbonyl (C=O) groups is 2. The van der Waals surface area contributed by atoms with E-state index in [1.54, 1.807) is 49.6 Å². The van der Waals surface area contributed by atoms with Gasteiger partial charge in [-0.3, -0.25) is 4.79 Å². The molecule has 0 fully saturated rings. The number of ether oxygens (including phenoxy) is 3. The predicted octanol–water partition coefficient (Wildman–Crippen LogP) is 4.93. The standard InChI is InChI=1S/C25H25NO5/c1-16-11-17(2)13-20(12-16)31-15-19-14-18(9-10-23(19)29-3)24(27)26-22-8-6-5-7-21(22)25(28)30-4/h5-14H,15H2,1-4H3,(H,26,27). The Bertz CT molecular complexity index is 1090. The van der Waals surface area contributed by atoms with E-state index < -0.39 is 5.97 Å². The third-order valence-corrected chi connectivity index (χ3v) is 4.71. The van der Waals surface area contributed by atoms with Crippen LogP contribution in [0, 0.1) is 13.8 Å². The van der Waals surface area contributed by atoms with Gasteiger partial charge in [0.25, 0.3) is 5.91 Å². The number of hydrogen-bond acceptors (Lipinski definition) is 5. The van der Waals surface area contributed by atoms with Crippen LogP contribution in [-0.4, -0.2) is 26.1 Å². The summed E-state index contributed by atoms with van der Waals surface area (Å²) in [6.45, 7) is 4.26. The van der Waals surface area contributed by atoms with Crippen LogP contribution in [0.1, 0.15) is 37.4 Å². The second-order valence-electron chi connectivity index (χ2n) is 7.13. The van der Waals surface area contributed by atoms with Crippen LogP contribution in [0.3, 0.4) is 0 Å². The van der Waals surface area contributed by atoms with Gasteiger partial charge in [-0.05, 0) is 67.4 Å². The van der Waals surface area contributed by atoms with Crippen LogP contribution < -0.4 is 14.8 Å². The normalized spacial score (nSPS) is 10.3. The predicted molar refractivity (Wildman–Crippen MR) is 119 cm³/mol. The van der Waals surface area contributed by atoms with E-state index in [2.05, 4.69) is 11.4 Å². The van der Waals surface area contributed by atoms with Crippen LogP contribution in [0.4, 0.5) is 5.69 Å². The summed E-state index contributed by atoms with van der Waals surface area (Å²) in [6.07, 6.45) is 0. The summed E-state index contributed by atoms with van der Waals surface area (Å²) >= 11 is 0. The maximum Gasteiger partial charge on any atom is 0.339 e. The third-order valence-electron chi connectivity index (χ3n) is 4.71. The van der Waals surface area contributed by atoms with Crippen molar-refractivity contribution in [3.8, 4) is 11.5 Å². The van der Waals surface area contributed by atoms with Crippen molar-refractivity contribution in [3.63, 3.8) is 0 Å². The molecule has 0 aliphatic heterocycles. The van der Waals surface area contributed by atoms with E-state index in [1.807, 2.05) is 26.0 Å². The first-order valence-corrected chi connectivity index (χ1v) is 9.78. The van der Waals surface area contributed by atoms with Crippen molar-refractivity contribution in [1.82, 2.24) is 0 Å². The molecule has 3 rings (SSSR count). The highest BCUT2D eigenvalue weighted by atomic mass is 16.5. The topological polar surface area (TPSA) is 73.9 Å². The number of amides is 1. The Morgan fingerprint density at radius 1 is 0.903 bits per heavy atom. The Balaban J connectivity index is 1.81. The summed E-state index contributed by atoms with van der Waals surface area (Å²) in [5.41, 5.74) is 4.03. The van der Waals surface area contributed by atoms with Crippen LogP contribution in [0.15, 0.2) is 60.7 Å². The average Bonchev–Trinajstić information content (AvgIpc) is 2.76. The number of anilines is 1. The van der Waals surface area contributed by atoms with Gasteiger partial charge in [0.2, 0.25) is 0 Å². The van der Waals surface area contributed by atoms with E-state index in [1.165, 1.54) is 7.11 Å². The van der Waals surface area contributed by atoms with Crippen LogP contribution in [0.5, 0.6) is 11.5 Å². The summed E-state index contributed by atoms with van der Waals surface area (Å²) in [5, 5.41) is 2.77. The molecule has 0 unspecified atom stereocenters. The highest BCUT2D eigenvalue weighted by Gasteiger charge is 2.16. The molecule has 0 atom stereocenters. The number of hydrogen-bond donors (Lipinski definition) is 1. The molecule has 1 N–H and O–H groups in total. The number of para-hydroxylation sites is 1. The van der Waals surface area contributed by atoms with Crippen LogP contribution in [0.2, 0.25) is 0 Å². The lowest BCUT2D eigenvalue weighted by atomic mass is 10.1. The van der Waals surface area contributed by atoms with Crippen molar-refractivity contribution < 1.29 is 23.8 Å². The third kappa shape index (κ3) is 5.42. The molecule has 1 amide bonds. The fraction of sp³-hybridized carbons (Fsp3) is 0.200. The van der Waals surface area contributed by atoms with Gasteiger partial charge >= 0.3 is 5.97 Å². The molecule has 6 heteroatoms. The van der Waals surface area contributed by atoms with E-state index >= 15 is 0 Å². The average molecular weight is 419 g/mol. The molecule has 0 aromatic heterocycles. The van der Waals surface area contributed by atoms with E-state index in [9.17, 15) is 9.59 Å². The molecule has 3 aromatic rings. The van der Waals surface area contributed by atoms with Crippen LogP contribution in [0.25, 0.3) is 0 Å². The monoisotopic (exact) mass is 419 g/mol. The van der Waals surface area contributed by atoms with Crippen molar-refractivity contribution in [1.29, 1.82) is 0 Å². The minimum Gasteiger partial charge on any atom is -0.496 e. The van der Waals surface area contributed by atoms with Crippen LogP contribution in [-0.2, 0) is 11.3 Å². The number of nitrogens with one attached hydrogen (secondary N) is 1. The van der Waals surface area contributed by atoms with Crippen molar-refractivity contribution in [2.45, 2.75) is 20.5 Å². The Morgan fingerprint density at radius 3 is 2.29 bits per heavy atom. The van der Waals surface area contributed by atoms with Gasteiger partial charge in [-0.1, -0.05) is 18.2 Å². The van der Waals surface area contributed by atoms with E-state index in [-0.39, 0.29) is 18.1 Å². The zero-order valence-electron chi connectivity index (χ0n) is 18.0. The Hall–Kier alpha value is -3.80. The Labute approximate surface area is 181 Å². The van der Waals surface area contributed by atoms with E-state index in [4.69, 9.17) is 14.2 Å². The van der Waals surface area contributed by atoms with Crippen molar-refractivity contribution in [2.24, 2.45) is 0 Å². The highest BCUT2D eigenvalue weighted by Crippen LogP contribution is 2.25. The van der Waals surface area contributed by atoms with E-state index in [0.717, 1.165) is 22.4 Å². The maximum absolute atomic E-state index is 12.8. The van der Waals surface area contributed by atoms with Gasteiger partial charge in [0.1, 0.15) is 18.1 Å². The van der Waals surface area contributed by atoms with Gasteiger partial charge in [0.05, 0.1) is 25.5 Å². The van der Waals surface area contributed by atoms with Gasteiger partial charge in [-0.15, -0.1) is 0 Å². The SMILES string of the molecule is COC(=O)c1ccccc1NC(=O)c1ccc(OC)c(COc2cc(C)cc(C)c2)c1. The first-order chi connectivity index (χ1) is 14.9. The van der Waals surface area contributed by atoms with Gasteiger partial charge in [-0.25, -0.2) is 4.79 Å². The molecule has 0 aliphatic rings. The Morgan fingerprint density at radius 2 is 1.61 bits per heavy atom. The quantitative estimate of drug-likeness (QED) is 0.550. The van der Waals surface area contributed by atoms with Crippen molar-refractivity contribution >= 4 is 17.6 Å². The fourth-order valence-electron chi connectivity index (χ4n) is 3.28. The first-order valence-electron chi connectivity index (χ1n) is 9.78. The molecular weight excluding hydrogens is 394 g/mol. The zero-order chi connectivity index (χ0) is 22.4. The lowest BCUT2D eigenvalue weighted by molar-refractivity contribution is 0.0602.